The number of benzene rings is 1. The molecule has 184 valence electrons. The minimum Gasteiger partial charge on any atom is -0.385 e. The number of guanidine groups is 1. The molecular formula is C24H45IN6O. The summed E-state index contributed by atoms with van der Waals surface area (Å²) in [6, 6.07) is 11.4. The molecule has 0 radical (unpaired) electrons. The van der Waals surface area contributed by atoms with E-state index in [9.17, 15) is 0 Å². The summed E-state index contributed by atoms with van der Waals surface area (Å²) >= 11 is 0. The highest BCUT2D eigenvalue weighted by molar-refractivity contribution is 14.0. The van der Waals surface area contributed by atoms with E-state index in [1.54, 1.807) is 7.11 Å². The maximum Gasteiger partial charge on any atom is 0.191 e. The molecule has 0 aromatic heterocycles. The molecule has 1 unspecified atom stereocenters. The largest absolute Gasteiger partial charge is 0.385 e. The monoisotopic (exact) mass is 560 g/mol. The molecule has 1 aromatic carbocycles. The lowest BCUT2D eigenvalue weighted by atomic mass is 10.0. The van der Waals surface area contributed by atoms with Crippen molar-refractivity contribution >= 4 is 29.9 Å². The SMILES string of the molecule is CCNC(=NCCCN1CCN(C)CC1c1ccccc1)NCCN(C)CCCOC.I. The van der Waals surface area contributed by atoms with Gasteiger partial charge in [-0.05, 0) is 39.4 Å². The van der Waals surface area contributed by atoms with Crippen LogP contribution in [0.4, 0.5) is 0 Å². The van der Waals surface area contributed by atoms with Crippen LogP contribution in [0.1, 0.15) is 31.4 Å². The van der Waals surface area contributed by atoms with Crippen molar-refractivity contribution in [3.8, 4) is 0 Å². The van der Waals surface area contributed by atoms with Crippen molar-refractivity contribution in [2.24, 2.45) is 4.99 Å². The van der Waals surface area contributed by atoms with Crippen molar-refractivity contribution in [1.29, 1.82) is 0 Å². The van der Waals surface area contributed by atoms with Crippen LogP contribution in [-0.2, 0) is 4.74 Å². The molecule has 1 atom stereocenters. The molecule has 1 saturated heterocycles. The molecular weight excluding hydrogens is 515 g/mol. The molecule has 1 fully saturated rings. The Hall–Kier alpha value is -0.940. The minimum absolute atomic E-state index is 0. The Balaban J connectivity index is 0.00000512. The number of nitrogens with zero attached hydrogens (tertiary/aromatic N) is 4. The van der Waals surface area contributed by atoms with Gasteiger partial charge in [-0.15, -0.1) is 24.0 Å². The Kier molecular flexibility index (Phi) is 15.9. The molecule has 0 aliphatic carbocycles. The van der Waals surface area contributed by atoms with Gasteiger partial charge in [0.15, 0.2) is 5.96 Å². The van der Waals surface area contributed by atoms with Gasteiger partial charge in [0, 0.05) is 78.7 Å². The van der Waals surface area contributed by atoms with Gasteiger partial charge >= 0.3 is 0 Å². The Bertz CT molecular complexity index is 618. The predicted molar refractivity (Wildman–Crippen MR) is 146 cm³/mol. The first-order chi connectivity index (χ1) is 15.1. The topological polar surface area (TPSA) is 55.4 Å². The molecule has 0 amide bonds. The minimum atomic E-state index is 0. The molecule has 1 aliphatic rings. The number of methoxy groups -OCH3 is 1. The van der Waals surface area contributed by atoms with E-state index in [1.807, 2.05) is 0 Å². The second kappa shape index (κ2) is 17.5. The summed E-state index contributed by atoms with van der Waals surface area (Å²) in [4.78, 5) is 12.2. The van der Waals surface area contributed by atoms with Crippen molar-refractivity contribution in [3.05, 3.63) is 35.9 Å². The summed E-state index contributed by atoms with van der Waals surface area (Å²) in [7, 11) is 6.13. The van der Waals surface area contributed by atoms with Crippen LogP contribution in [0.5, 0.6) is 0 Å². The second-order valence-corrected chi connectivity index (χ2v) is 8.42. The Morgan fingerprint density at radius 3 is 2.66 bits per heavy atom. The molecule has 1 aromatic rings. The van der Waals surface area contributed by atoms with E-state index in [2.05, 4.69) is 76.7 Å². The van der Waals surface area contributed by atoms with Gasteiger partial charge in [-0.3, -0.25) is 9.89 Å². The maximum absolute atomic E-state index is 5.13. The molecule has 7 nitrogen and oxygen atoms in total. The number of piperazine rings is 1. The second-order valence-electron chi connectivity index (χ2n) is 8.42. The van der Waals surface area contributed by atoms with E-state index in [0.29, 0.717) is 6.04 Å². The molecule has 2 N–H and O–H groups in total. The van der Waals surface area contributed by atoms with Crippen LogP contribution in [-0.4, -0.2) is 107 Å². The van der Waals surface area contributed by atoms with E-state index in [4.69, 9.17) is 9.73 Å². The van der Waals surface area contributed by atoms with Crippen molar-refractivity contribution in [3.63, 3.8) is 0 Å². The molecule has 2 rings (SSSR count). The first-order valence-electron chi connectivity index (χ1n) is 11.8. The average Bonchev–Trinajstić information content (AvgIpc) is 2.78. The molecule has 32 heavy (non-hydrogen) atoms. The van der Waals surface area contributed by atoms with Crippen molar-refractivity contribution in [1.82, 2.24) is 25.3 Å². The normalized spacial score (nSPS) is 17.9. The number of rotatable bonds is 13. The lowest BCUT2D eigenvalue weighted by Gasteiger charge is -2.40. The first-order valence-corrected chi connectivity index (χ1v) is 11.8. The first kappa shape index (κ1) is 29.1. The summed E-state index contributed by atoms with van der Waals surface area (Å²) in [5.41, 5.74) is 1.42. The Morgan fingerprint density at radius 1 is 1.16 bits per heavy atom. The Labute approximate surface area is 213 Å². The van der Waals surface area contributed by atoms with Gasteiger partial charge in [-0.1, -0.05) is 30.3 Å². The Morgan fingerprint density at radius 2 is 1.94 bits per heavy atom. The van der Waals surface area contributed by atoms with Gasteiger partial charge in [0.05, 0.1) is 0 Å². The van der Waals surface area contributed by atoms with Crippen LogP contribution < -0.4 is 10.6 Å². The molecule has 0 bridgehead atoms. The number of aliphatic imine (C=N–C) groups is 1. The number of halogens is 1. The van der Waals surface area contributed by atoms with Crippen LogP contribution in [0, 0.1) is 0 Å². The zero-order chi connectivity index (χ0) is 22.3. The standard InChI is InChI=1S/C24H44N6O.HI/c1-5-25-24(27-14-17-28(2)15-10-20-31-4)26-13-9-16-30-19-18-29(3)21-23(30)22-11-7-6-8-12-22;/h6-8,11-12,23H,5,9-10,13-21H2,1-4H3,(H2,25,26,27);1H. The smallest absolute Gasteiger partial charge is 0.191 e. The van der Waals surface area contributed by atoms with Gasteiger partial charge in [0.1, 0.15) is 0 Å². The fourth-order valence-electron chi connectivity index (χ4n) is 3.98. The van der Waals surface area contributed by atoms with Crippen LogP contribution in [0.15, 0.2) is 35.3 Å². The molecule has 0 saturated carbocycles. The molecule has 1 heterocycles. The highest BCUT2D eigenvalue weighted by atomic mass is 127. The summed E-state index contributed by atoms with van der Waals surface area (Å²) in [6.07, 6.45) is 2.14. The zero-order valence-corrected chi connectivity index (χ0v) is 22.9. The maximum atomic E-state index is 5.13. The molecule has 1 aliphatic heterocycles. The number of ether oxygens (including phenoxy) is 1. The summed E-state index contributed by atoms with van der Waals surface area (Å²) in [6.45, 7) is 12.0. The van der Waals surface area contributed by atoms with Crippen LogP contribution in [0.25, 0.3) is 0 Å². The van der Waals surface area contributed by atoms with E-state index < -0.39 is 0 Å². The van der Waals surface area contributed by atoms with Crippen molar-refractivity contribution < 1.29 is 4.74 Å². The third-order valence-electron chi connectivity index (χ3n) is 5.77. The number of hydrogen-bond acceptors (Lipinski definition) is 5. The number of hydrogen-bond donors (Lipinski definition) is 2. The van der Waals surface area contributed by atoms with Crippen LogP contribution in [0.2, 0.25) is 0 Å². The van der Waals surface area contributed by atoms with E-state index in [-0.39, 0.29) is 24.0 Å². The van der Waals surface area contributed by atoms with Gasteiger partial charge in [-0.2, -0.15) is 0 Å². The van der Waals surface area contributed by atoms with Crippen molar-refractivity contribution in [2.75, 3.05) is 86.7 Å². The fourth-order valence-corrected chi connectivity index (χ4v) is 3.98. The number of likely N-dealkylation sites (N-methyl/N-ethyl adjacent to an activating group) is 2. The summed E-state index contributed by atoms with van der Waals surface area (Å²) in [5.74, 6) is 0.922. The third-order valence-corrected chi connectivity index (χ3v) is 5.77. The van der Waals surface area contributed by atoms with Crippen LogP contribution >= 0.6 is 24.0 Å². The van der Waals surface area contributed by atoms with Crippen LogP contribution in [0.3, 0.4) is 0 Å². The van der Waals surface area contributed by atoms with Gasteiger partial charge in [0.25, 0.3) is 0 Å². The van der Waals surface area contributed by atoms with Gasteiger partial charge in [0.2, 0.25) is 0 Å². The lowest BCUT2D eigenvalue weighted by Crippen LogP contribution is -2.47. The van der Waals surface area contributed by atoms with Crippen molar-refractivity contribution in [2.45, 2.75) is 25.8 Å². The quantitative estimate of drug-likeness (QED) is 0.168. The summed E-state index contributed by atoms with van der Waals surface area (Å²) < 4.78 is 5.13. The van der Waals surface area contributed by atoms with E-state index >= 15 is 0 Å². The van der Waals surface area contributed by atoms with Gasteiger partial charge < -0.3 is 25.2 Å². The molecule has 8 heteroatoms. The highest BCUT2D eigenvalue weighted by Gasteiger charge is 2.25. The van der Waals surface area contributed by atoms with E-state index in [0.717, 1.165) is 84.3 Å². The highest BCUT2D eigenvalue weighted by Crippen LogP contribution is 2.24. The third kappa shape index (κ3) is 11.3. The zero-order valence-electron chi connectivity index (χ0n) is 20.6. The van der Waals surface area contributed by atoms with E-state index in [1.165, 1.54) is 5.56 Å². The average molecular weight is 561 g/mol. The summed E-state index contributed by atoms with van der Waals surface area (Å²) in [5, 5.41) is 6.83. The lowest BCUT2D eigenvalue weighted by molar-refractivity contribution is 0.0894. The predicted octanol–water partition coefficient (Wildman–Crippen LogP) is 2.51. The number of nitrogens with one attached hydrogen (secondary N) is 2. The van der Waals surface area contributed by atoms with Gasteiger partial charge in [-0.25, -0.2) is 0 Å². The molecule has 0 spiro atoms. The fraction of sp³-hybridized carbons (Fsp3) is 0.708.